The molecule has 2 fully saturated rings. The highest BCUT2D eigenvalue weighted by Gasteiger charge is 2.38. The molecule has 3 amide bonds. The molecule has 0 bridgehead atoms. The molecule has 1 unspecified atom stereocenters. The Balaban J connectivity index is 1.46. The Bertz CT molecular complexity index is 1360. The summed E-state index contributed by atoms with van der Waals surface area (Å²) in [6.07, 6.45) is 6.61. The largest absolute Gasteiger partial charge is 0.445 e. The maximum Gasteiger partial charge on any atom is 0.408 e. The van der Waals surface area contributed by atoms with Gasteiger partial charge in [0.2, 0.25) is 11.8 Å². The van der Waals surface area contributed by atoms with Gasteiger partial charge in [0, 0.05) is 30.1 Å². The average molecular weight is 704 g/mol. The van der Waals surface area contributed by atoms with Crippen LogP contribution in [0.3, 0.4) is 0 Å². The molecule has 4 rings (SSSR count). The number of rotatable bonds is 18. The van der Waals surface area contributed by atoms with Crippen LogP contribution in [0.25, 0.3) is 0 Å². The lowest BCUT2D eigenvalue weighted by molar-refractivity contribution is -0.131. The van der Waals surface area contributed by atoms with E-state index in [4.69, 9.17) is 25.4 Å². The van der Waals surface area contributed by atoms with Gasteiger partial charge in [-0.3, -0.25) is 14.2 Å². The first kappa shape index (κ1) is 37.9. The second-order valence-electron chi connectivity index (χ2n) is 12.8. The van der Waals surface area contributed by atoms with Gasteiger partial charge in [-0.15, -0.1) is 0 Å². The van der Waals surface area contributed by atoms with E-state index in [2.05, 4.69) is 10.6 Å². The zero-order chi connectivity index (χ0) is 34.4. The van der Waals surface area contributed by atoms with Crippen LogP contribution in [0.2, 0.25) is 5.02 Å². The van der Waals surface area contributed by atoms with Crippen LogP contribution in [0.4, 0.5) is 4.79 Å². The molecular formula is C36H51ClN3O7P. The first-order valence-corrected chi connectivity index (χ1v) is 19.5. The zero-order valence-electron chi connectivity index (χ0n) is 28.2. The lowest BCUT2D eigenvalue weighted by Gasteiger charge is -2.30. The summed E-state index contributed by atoms with van der Waals surface area (Å²) in [5.41, 5.74) is 1.89. The Morgan fingerprint density at radius 3 is 2.33 bits per heavy atom. The molecule has 1 aliphatic heterocycles. The summed E-state index contributed by atoms with van der Waals surface area (Å²) >= 11 is 6.08. The quantitative estimate of drug-likeness (QED) is 0.158. The van der Waals surface area contributed by atoms with Gasteiger partial charge >= 0.3 is 13.7 Å². The molecule has 0 spiro atoms. The van der Waals surface area contributed by atoms with E-state index in [1.807, 2.05) is 35.2 Å². The molecule has 2 aromatic carbocycles. The number of hydrogen-bond donors (Lipinski definition) is 2. The van der Waals surface area contributed by atoms with E-state index < -0.39 is 31.7 Å². The van der Waals surface area contributed by atoms with Crippen LogP contribution in [-0.2, 0) is 41.0 Å². The third-order valence-electron chi connectivity index (χ3n) is 9.09. The molecule has 1 heterocycles. The van der Waals surface area contributed by atoms with Gasteiger partial charge in [-0.2, -0.15) is 0 Å². The fourth-order valence-electron chi connectivity index (χ4n) is 6.73. The van der Waals surface area contributed by atoms with Crippen molar-refractivity contribution in [2.75, 3.05) is 32.5 Å². The maximum atomic E-state index is 14.0. The summed E-state index contributed by atoms with van der Waals surface area (Å²) in [5, 5.41) is 6.39. The van der Waals surface area contributed by atoms with Gasteiger partial charge in [-0.1, -0.05) is 86.2 Å². The summed E-state index contributed by atoms with van der Waals surface area (Å²) in [6.45, 7) is 5.07. The topological polar surface area (TPSA) is 123 Å². The van der Waals surface area contributed by atoms with E-state index in [0.29, 0.717) is 31.0 Å². The standard InChI is InChI=1S/C36H51ClN3O7P/c1-3-46-48(44,47-4-2)26-32(24-30-19-21-40(35(30)42)20-18-27-12-7-5-8-13-27)38-34(41)33(23-28-14-9-6-10-15-28)39-36(43)45-25-29-16-11-17-31(37)22-29/h5,7-8,11-13,16-17,22,28,30,32-33H,3-4,6,9-10,14-15,18-21,23-26H2,1-2H3,(H,38,41)(H,39,43)/t30?,32-,33-/m0/s1. The summed E-state index contributed by atoms with van der Waals surface area (Å²) in [4.78, 5) is 42.4. The second kappa shape index (κ2) is 19.3. The highest BCUT2D eigenvalue weighted by molar-refractivity contribution is 7.53. The number of nitrogens with one attached hydrogen (secondary N) is 2. The minimum Gasteiger partial charge on any atom is -0.445 e. The third kappa shape index (κ3) is 12.2. The van der Waals surface area contributed by atoms with E-state index in [9.17, 15) is 18.9 Å². The van der Waals surface area contributed by atoms with Crippen LogP contribution < -0.4 is 10.6 Å². The number of alkyl carbamates (subject to hydrolysis) is 1. The first-order valence-electron chi connectivity index (χ1n) is 17.4. The van der Waals surface area contributed by atoms with Crippen LogP contribution in [0.1, 0.15) is 76.3 Å². The molecule has 3 atom stereocenters. The molecule has 2 N–H and O–H groups in total. The lowest BCUT2D eigenvalue weighted by atomic mass is 9.84. The maximum absolute atomic E-state index is 14.0. The van der Waals surface area contributed by atoms with Crippen LogP contribution >= 0.6 is 19.2 Å². The van der Waals surface area contributed by atoms with Crippen LogP contribution in [-0.4, -0.2) is 67.4 Å². The number of likely N-dealkylation sites (tertiary alicyclic amines) is 1. The van der Waals surface area contributed by atoms with Crippen molar-refractivity contribution in [3.63, 3.8) is 0 Å². The predicted octanol–water partition coefficient (Wildman–Crippen LogP) is 7.14. The molecule has 2 aliphatic rings. The number of carbonyl (C=O) groups is 3. The van der Waals surface area contributed by atoms with E-state index in [1.54, 1.807) is 38.1 Å². The van der Waals surface area contributed by atoms with Crippen molar-refractivity contribution in [2.45, 2.75) is 90.3 Å². The van der Waals surface area contributed by atoms with Crippen molar-refractivity contribution in [2.24, 2.45) is 11.8 Å². The van der Waals surface area contributed by atoms with Crippen molar-refractivity contribution in [1.29, 1.82) is 0 Å². The molecule has 12 heteroatoms. The Kier molecular flexibility index (Phi) is 15.3. The van der Waals surface area contributed by atoms with Crippen LogP contribution in [0.15, 0.2) is 54.6 Å². The second-order valence-corrected chi connectivity index (χ2v) is 15.3. The number of halogens is 1. The van der Waals surface area contributed by atoms with Gasteiger partial charge in [-0.05, 0) is 68.7 Å². The Hall–Kier alpha value is -2.91. The molecule has 10 nitrogen and oxygen atoms in total. The number of benzene rings is 2. The average Bonchev–Trinajstić information content (AvgIpc) is 3.41. The van der Waals surface area contributed by atoms with Crippen LogP contribution in [0.5, 0.6) is 0 Å². The van der Waals surface area contributed by atoms with E-state index in [0.717, 1.165) is 49.7 Å². The van der Waals surface area contributed by atoms with Gasteiger partial charge in [0.1, 0.15) is 12.6 Å². The number of hydrogen-bond acceptors (Lipinski definition) is 7. The fourth-order valence-corrected chi connectivity index (χ4v) is 8.80. The molecule has 0 aromatic heterocycles. The number of ether oxygens (including phenoxy) is 1. The number of nitrogens with zero attached hydrogens (tertiary/aromatic N) is 1. The van der Waals surface area contributed by atoms with E-state index in [-0.39, 0.29) is 50.1 Å². The molecule has 1 saturated carbocycles. The normalized spacial score (nSPS) is 18.4. The lowest BCUT2D eigenvalue weighted by Crippen LogP contribution is -2.52. The van der Waals surface area contributed by atoms with Gasteiger partial charge in [0.15, 0.2) is 0 Å². The minimum absolute atomic E-state index is 0.00322. The van der Waals surface area contributed by atoms with Crippen LogP contribution in [0, 0.1) is 11.8 Å². The summed E-state index contributed by atoms with van der Waals surface area (Å²) in [6, 6.07) is 15.5. The van der Waals surface area contributed by atoms with E-state index in [1.165, 1.54) is 0 Å². The molecule has 264 valence electrons. The summed E-state index contributed by atoms with van der Waals surface area (Å²) in [7, 11) is -3.58. The van der Waals surface area contributed by atoms with Crippen molar-refractivity contribution >= 4 is 37.1 Å². The van der Waals surface area contributed by atoms with Crippen molar-refractivity contribution in [3.05, 3.63) is 70.7 Å². The van der Waals surface area contributed by atoms with Crippen molar-refractivity contribution < 1.29 is 32.7 Å². The Morgan fingerprint density at radius 1 is 0.938 bits per heavy atom. The van der Waals surface area contributed by atoms with Gasteiger partial charge in [0.05, 0.1) is 19.4 Å². The summed E-state index contributed by atoms with van der Waals surface area (Å²) in [5.74, 6) is -0.464. The molecule has 1 saturated heterocycles. The smallest absolute Gasteiger partial charge is 0.408 e. The minimum atomic E-state index is -3.58. The molecule has 0 radical (unpaired) electrons. The van der Waals surface area contributed by atoms with Crippen molar-refractivity contribution in [1.82, 2.24) is 15.5 Å². The highest BCUT2D eigenvalue weighted by Crippen LogP contribution is 2.49. The van der Waals surface area contributed by atoms with Crippen molar-refractivity contribution in [3.8, 4) is 0 Å². The molecule has 2 aromatic rings. The van der Waals surface area contributed by atoms with E-state index >= 15 is 0 Å². The Morgan fingerprint density at radius 2 is 1.65 bits per heavy atom. The number of amides is 3. The number of carbonyl (C=O) groups excluding carboxylic acids is 3. The third-order valence-corrected chi connectivity index (χ3v) is 11.5. The first-order chi connectivity index (χ1) is 23.2. The van der Waals surface area contributed by atoms with Gasteiger partial charge in [0.25, 0.3) is 0 Å². The monoisotopic (exact) mass is 703 g/mol. The molecular weight excluding hydrogens is 653 g/mol. The Labute approximate surface area is 290 Å². The molecule has 48 heavy (non-hydrogen) atoms. The highest BCUT2D eigenvalue weighted by atomic mass is 35.5. The SMILES string of the molecule is CCOP(=O)(C[C@H](CC1CCN(CCc2ccccc2)C1=O)NC(=O)[C@H](CC1CCCCC1)NC(=O)OCc1cccc(Cl)c1)OCC. The van der Waals surface area contributed by atoms with Gasteiger partial charge in [-0.25, -0.2) is 4.79 Å². The zero-order valence-corrected chi connectivity index (χ0v) is 29.9. The fraction of sp³-hybridized carbons (Fsp3) is 0.583. The van der Waals surface area contributed by atoms with Gasteiger partial charge < -0.3 is 29.3 Å². The summed E-state index contributed by atoms with van der Waals surface area (Å²) < 4.78 is 30.4. The predicted molar refractivity (Wildman–Crippen MR) is 187 cm³/mol. The molecule has 1 aliphatic carbocycles.